The van der Waals surface area contributed by atoms with Crippen LogP contribution in [0.25, 0.3) is 0 Å². The van der Waals surface area contributed by atoms with E-state index in [0.29, 0.717) is 13.2 Å². The summed E-state index contributed by atoms with van der Waals surface area (Å²) in [6, 6.07) is 20.4. The van der Waals surface area contributed by atoms with E-state index in [2.05, 4.69) is 38.1 Å². The van der Waals surface area contributed by atoms with E-state index in [4.69, 9.17) is 9.05 Å². The van der Waals surface area contributed by atoms with Gasteiger partial charge in [-0.2, -0.15) is 0 Å². The molecule has 0 N–H and O–H groups in total. The molecule has 0 fully saturated rings. The van der Waals surface area contributed by atoms with Gasteiger partial charge >= 0.3 is 8.25 Å². The van der Waals surface area contributed by atoms with Crippen molar-refractivity contribution in [3.05, 3.63) is 71.8 Å². The minimum Gasteiger partial charge on any atom is -0.310 e. The summed E-state index contributed by atoms with van der Waals surface area (Å²) in [4.78, 5) is 0. The molecule has 2 rings (SSSR count). The van der Waals surface area contributed by atoms with Crippen molar-refractivity contribution in [1.29, 1.82) is 0 Å². The fourth-order valence-electron chi connectivity index (χ4n) is 2.73. The summed E-state index contributed by atoms with van der Waals surface area (Å²) in [5.74, 6) is 0.500. The molecule has 0 aliphatic carbocycles. The predicted octanol–water partition coefficient (Wildman–Crippen LogP) is 5.80. The zero-order valence-corrected chi connectivity index (χ0v) is 15.5. The maximum Gasteiger partial charge on any atom is 0.319 e. The Balaban J connectivity index is 1.80. The summed E-state index contributed by atoms with van der Waals surface area (Å²) in [5, 5.41) is 0. The lowest BCUT2D eigenvalue weighted by atomic mass is 9.98. The Hall–Kier alpha value is -1.41. The van der Waals surface area contributed by atoms with Crippen LogP contribution in [0.1, 0.15) is 49.7 Å². The molecule has 0 bridgehead atoms. The van der Waals surface area contributed by atoms with Gasteiger partial charge in [-0.1, -0.05) is 74.5 Å². The van der Waals surface area contributed by atoms with Crippen LogP contribution in [0.4, 0.5) is 0 Å². The average molecular weight is 346 g/mol. The highest BCUT2D eigenvalue weighted by Gasteiger charge is 2.14. The third-order valence-corrected chi connectivity index (χ3v) is 5.14. The average Bonchev–Trinajstić information content (AvgIpc) is 2.64. The van der Waals surface area contributed by atoms with Crippen LogP contribution in [0.15, 0.2) is 60.7 Å². The third-order valence-electron chi connectivity index (χ3n) is 4.33. The van der Waals surface area contributed by atoms with Crippen molar-refractivity contribution < 1.29 is 13.6 Å². The topological polar surface area (TPSA) is 35.5 Å². The zero-order valence-electron chi connectivity index (χ0n) is 14.5. The van der Waals surface area contributed by atoms with E-state index in [-0.39, 0.29) is 11.8 Å². The quantitative estimate of drug-likeness (QED) is 0.510. The largest absolute Gasteiger partial charge is 0.319 e. The lowest BCUT2D eigenvalue weighted by molar-refractivity contribution is 0.203. The summed E-state index contributed by atoms with van der Waals surface area (Å²) in [5.41, 5.74) is 2.43. The number of hydrogen-bond acceptors (Lipinski definition) is 3. The summed E-state index contributed by atoms with van der Waals surface area (Å²) in [6.45, 7) is 5.09. The molecule has 130 valence electrons. The molecular formula is C20H27O3P. The highest BCUT2D eigenvalue weighted by atomic mass is 31.1. The first-order chi connectivity index (χ1) is 11.7. The highest BCUT2D eigenvalue weighted by molar-refractivity contribution is 7.33. The molecule has 0 heterocycles. The van der Waals surface area contributed by atoms with Gasteiger partial charge in [-0.05, 0) is 24.0 Å². The molecule has 3 nitrogen and oxygen atoms in total. The highest BCUT2D eigenvalue weighted by Crippen LogP contribution is 2.31. The third kappa shape index (κ3) is 5.90. The number of hydrogen-bond donors (Lipinski definition) is 0. The Kier molecular flexibility index (Phi) is 8.24. The van der Waals surface area contributed by atoms with E-state index in [1.807, 2.05) is 36.4 Å². The van der Waals surface area contributed by atoms with Gasteiger partial charge in [0.05, 0.1) is 13.2 Å². The van der Waals surface area contributed by atoms with Gasteiger partial charge in [0.1, 0.15) is 0 Å². The molecule has 2 aromatic rings. The molecular weight excluding hydrogens is 319 g/mol. The molecule has 0 aliphatic rings. The van der Waals surface area contributed by atoms with E-state index in [0.717, 1.165) is 12.8 Å². The van der Waals surface area contributed by atoms with Crippen LogP contribution < -0.4 is 0 Å². The molecule has 4 heteroatoms. The van der Waals surface area contributed by atoms with Gasteiger partial charge in [0.25, 0.3) is 0 Å². The molecule has 0 aliphatic heterocycles. The number of benzene rings is 2. The lowest BCUT2D eigenvalue weighted by Gasteiger charge is -2.17. The van der Waals surface area contributed by atoms with Gasteiger partial charge in [0.2, 0.25) is 0 Å². The molecule has 2 unspecified atom stereocenters. The van der Waals surface area contributed by atoms with Gasteiger partial charge < -0.3 is 9.05 Å². The summed E-state index contributed by atoms with van der Waals surface area (Å²) in [6.07, 6.45) is 1.89. The van der Waals surface area contributed by atoms with E-state index in [1.165, 1.54) is 11.1 Å². The van der Waals surface area contributed by atoms with Gasteiger partial charge in [0, 0.05) is 11.8 Å². The van der Waals surface area contributed by atoms with E-state index < -0.39 is 8.25 Å². The van der Waals surface area contributed by atoms with Crippen molar-refractivity contribution in [3.8, 4) is 0 Å². The van der Waals surface area contributed by atoms with Gasteiger partial charge in [-0.15, -0.1) is 0 Å². The van der Waals surface area contributed by atoms with E-state index in [1.54, 1.807) is 0 Å². The van der Waals surface area contributed by atoms with Crippen molar-refractivity contribution >= 4 is 8.25 Å². The molecule has 0 saturated carbocycles. The normalized spacial score (nSPS) is 14.9. The molecule has 2 aromatic carbocycles. The minimum absolute atomic E-state index is 0.250. The summed E-state index contributed by atoms with van der Waals surface area (Å²) in [7, 11) is -2.46. The molecule has 0 radical (unpaired) electrons. The fourth-order valence-corrected chi connectivity index (χ4v) is 3.49. The molecule has 0 amide bonds. The first kappa shape index (κ1) is 18.9. The second-order valence-electron chi connectivity index (χ2n) is 5.90. The van der Waals surface area contributed by atoms with Gasteiger partial charge in [-0.25, -0.2) is 0 Å². The van der Waals surface area contributed by atoms with Crippen molar-refractivity contribution in [2.45, 2.75) is 38.5 Å². The van der Waals surface area contributed by atoms with Crippen LogP contribution in [-0.4, -0.2) is 13.2 Å². The first-order valence-electron chi connectivity index (χ1n) is 8.64. The van der Waals surface area contributed by atoms with Crippen molar-refractivity contribution in [3.63, 3.8) is 0 Å². The molecule has 2 atom stereocenters. The second kappa shape index (κ2) is 10.5. The zero-order chi connectivity index (χ0) is 17.2. The SMILES string of the molecule is CCC(CO[PH](=O)OCC(CC)c1ccccc1)c1ccccc1. The molecule has 0 aromatic heterocycles. The maximum absolute atomic E-state index is 12.1. The van der Waals surface area contributed by atoms with Crippen LogP contribution in [-0.2, 0) is 13.6 Å². The first-order valence-corrected chi connectivity index (χ1v) is 9.86. The number of rotatable bonds is 10. The van der Waals surface area contributed by atoms with Crippen molar-refractivity contribution in [1.82, 2.24) is 0 Å². The summed E-state index contributed by atoms with van der Waals surface area (Å²) >= 11 is 0. The van der Waals surface area contributed by atoms with Gasteiger partial charge in [0.15, 0.2) is 0 Å². The Morgan fingerprint density at radius 2 is 1.12 bits per heavy atom. The molecule has 0 spiro atoms. The molecule has 0 saturated heterocycles. The minimum atomic E-state index is -2.46. The van der Waals surface area contributed by atoms with Crippen molar-refractivity contribution in [2.24, 2.45) is 0 Å². The Labute approximate surface area is 146 Å². The van der Waals surface area contributed by atoms with E-state index in [9.17, 15) is 4.57 Å². The van der Waals surface area contributed by atoms with Crippen LogP contribution in [0, 0.1) is 0 Å². The van der Waals surface area contributed by atoms with Crippen LogP contribution >= 0.6 is 8.25 Å². The lowest BCUT2D eigenvalue weighted by Crippen LogP contribution is -2.07. The smallest absolute Gasteiger partial charge is 0.310 e. The Morgan fingerprint density at radius 1 is 0.750 bits per heavy atom. The predicted molar refractivity (Wildman–Crippen MR) is 99.9 cm³/mol. The van der Waals surface area contributed by atoms with Crippen molar-refractivity contribution in [2.75, 3.05) is 13.2 Å². The van der Waals surface area contributed by atoms with Crippen LogP contribution in [0.5, 0.6) is 0 Å². The standard InChI is InChI=1S/C20H27O3P/c1-3-17(19-11-7-5-8-12-19)15-22-24(21)23-16-18(4-2)20-13-9-6-10-14-20/h5-14,17-18,24H,3-4,15-16H2,1-2H3. The molecule has 24 heavy (non-hydrogen) atoms. The monoisotopic (exact) mass is 346 g/mol. The fraction of sp³-hybridized carbons (Fsp3) is 0.400. The maximum atomic E-state index is 12.1. The Bertz CT molecular complexity index is 547. The van der Waals surface area contributed by atoms with Crippen LogP contribution in [0.2, 0.25) is 0 Å². The Morgan fingerprint density at radius 3 is 1.46 bits per heavy atom. The summed E-state index contributed by atoms with van der Waals surface area (Å²) < 4.78 is 23.1. The van der Waals surface area contributed by atoms with Crippen LogP contribution in [0.3, 0.4) is 0 Å². The van der Waals surface area contributed by atoms with Gasteiger partial charge in [-0.3, -0.25) is 4.57 Å². The van der Waals surface area contributed by atoms with E-state index >= 15 is 0 Å². The second-order valence-corrected chi connectivity index (χ2v) is 6.98.